The molecule has 0 spiro atoms. The van der Waals surface area contributed by atoms with Crippen LogP contribution in [0.1, 0.15) is 105 Å². The number of carboxylic acids is 1. The number of benzene rings is 1. The van der Waals surface area contributed by atoms with Gasteiger partial charge in [-0.15, -0.1) is 0 Å². The van der Waals surface area contributed by atoms with Crippen LogP contribution in [0.3, 0.4) is 0 Å². The minimum absolute atomic E-state index is 0.00727. The molecular weight excluding hydrogens is 546 g/mol. The van der Waals surface area contributed by atoms with Crippen LogP contribution in [-0.4, -0.2) is 67.5 Å². The van der Waals surface area contributed by atoms with Gasteiger partial charge in [-0.25, -0.2) is 14.6 Å². The summed E-state index contributed by atoms with van der Waals surface area (Å²) in [6.07, 6.45) is 12.7. The number of amides is 3. The van der Waals surface area contributed by atoms with Gasteiger partial charge >= 0.3 is 12.0 Å². The van der Waals surface area contributed by atoms with Crippen LogP contribution < -0.4 is 5.32 Å². The smallest absolute Gasteiger partial charge is 0.358 e. The zero-order valence-electron chi connectivity index (χ0n) is 25.8. The second-order valence-corrected chi connectivity index (χ2v) is 12.4. The highest BCUT2D eigenvalue weighted by Crippen LogP contribution is 2.30. The fraction of sp³-hybridized carbons (Fsp3) is 0.576. The number of hydrogen-bond donors (Lipinski definition) is 2. The van der Waals surface area contributed by atoms with Gasteiger partial charge in [0.1, 0.15) is 17.8 Å². The maximum absolute atomic E-state index is 14.1. The van der Waals surface area contributed by atoms with Gasteiger partial charge in [-0.1, -0.05) is 56.7 Å². The van der Waals surface area contributed by atoms with Crippen LogP contribution in [0.15, 0.2) is 34.9 Å². The third kappa shape index (κ3) is 6.58. The Morgan fingerprint density at radius 2 is 1.67 bits per heavy atom. The maximum Gasteiger partial charge on any atom is 0.358 e. The molecule has 0 aliphatic heterocycles. The molecule has 2 aromatic heterocycles. The van der Waals surface area contributed by atoms with Crippen molar-refractivity contribution in [3.8, 4) is 0 Å². The van der Waals surface area contributed by atoms with E-state index in [0.29, 0.717) is 6.42 Å². The summed E-state index contributed by atoms with van der Waals surface area (Å²) in [5, 5.41) is 13.8. The average molecular weight is 592 g/mol. The highest BCUT2D eigenvalue weighted by atomic mass is 16.4. The molecule has 2 atom stereocenters. The quantitative estimate of drug-likeness (QED) is 0.316. The van der Waals surface area contributed by atoms with Crippen LogP contribution in [0.4, 0.5) is 4.79 Å². The SMILES string of the molecule is Cc1oc([C@@H](Cc2cn(C)c3ccccc23)NC(=O)[C@H](C)N(C(=O)N(C)C2CCCCC2)C2CCCCC2)nc1C(=O)O. The lowest BCUT2D eigenvalue weighted by Gasteiger charge is -2.42. The van der Waals surface area contributed by atoms with Crippen molar-refractivity contribution in [2.75, 3.05) is 7.05 Å². The Balaban J connectivity index is 1.44. The minimum Gasteiger partial charge on any atom is -0.476 e. The molecule has 10 heteroatoms. The van der Waals surface area contributed by atoms with Crippen molar-refractivity contribution in [2.45, 2.75) is 109 Å². The molecule has 3 aromatic rings. The number of oxazole rings is 1. The molecule has 2 N–H and O–H groups in total. The molecule has 43 heavy (non-hydrogen) atoms. The van der Waals surface area contributed by atoms with Crippen molar-refractivity contribution in [3.05, 3.63) is 53.4 Å². The summed E-state index contributed by atoms with van der Waals surface area (Å²) in [7, 11) is 3.85. The molecule has 0 unspecified atom stereocenters. The molecule has 2 aliphatic rings. The highest BCUT2D eigenvalue weighted by Gasteiger charge is 2.38. The van der Waals surface area contributed by atoms with E-state index in [1.54, 1.807) is 13.8 Å². The van der Waals surface area contributed by atoms with Gasteiger partial charge in [-0.05, 0) is 51.2 Å². The Bertz CT molecular complexity index is 1450. The lowest BCUT2D eigenvalue weighted by Crippen LogP contribution is -2.58. The Labute approximate surface area is 253 Å². The second-order valence-electron chi connectivity index (χ2n) is 12.4. The number of nitrogens with zero attached hydrogens (tertiary/aromatic N) is 4. The molecule has 10 nitrogen and oxygen atoms in total. The van der Waals surface area contributed by atoms with E-state index in [-0.39, 0.29) is 41.4 Å². The molecule has 0 saturated heterocycles. The Morgan fingerprint density at radius 1 is 1.05 bits per heavy atom. The molecule has 232 valence electrons. The molecule has 5 rings (SSSR count). The predicted octanol–water partition coefficient (Wildman–Crippen LogP) is 5.98. The van der Waals surface area contributed by atoms with Crippen molar-refractivity contribution in [1.29, 1.82) is 0 Å². The van der Waals surface area contributed by atoms with Crippen molar-refractivity contribution >= 4 is 28.8 Å². The molecule has 2 saturated carbocycles. The summed E-state index contributed by atoms with van der Waals surface area (Å²) in [6.45, 7) is 3.36. The number of carbonyl (C=O) groups excluding carboxylic acids is 2. The molecule has 3 amide bonds. The van der Waals surface area contributed by atoms with Gasteiger partial charge in [0.05, 0.1) is 0 Å². The van der Waals surface area contributed by atoms with Crippen LogP contribution in [0.2, 0.25) is 0 Å². The van der Waals surface area contributed by atoms with Crippen LogP contribution >= 0.6 is 0 Å². The normalized spacial score (nSPS) is 17.9. The first kappa shape index (κ1) is 30.6. The van der Waals surface area contributed by atoms with Crippen molar-refractivity contribution < 1.29 is 23.9 Å². The van der Waals surface area contributed by atoms with Crippen molar-refractivity contribution in [2.24, 2.45) is 7.05 Å². The first-order valence-corrected chi connectivity index (χ1v) is 15.7. The minimum atomic E-state index is -1.18. The van der Waals surface area contributed by atoms with E-state index in [1.807, 2.05) is 58.9 Å². The zero-order valence-corrected chi connectivity index (χ0v) is 25.8. The number of carboxylic acid groups (broad SMARTS) is 1. The number of fused-ring (bicyclic) bond motifs is 1. The summed E-state index contributed by atoms with van der Waals surface area (Å²) in [6, 6.07) is 6.63. The van der Waals surface area contributed by atoms with Gasteiger partial charge in [0.25, 0.3) is 0 Å². The fourth-order valence-corrected chi connectivity index (χ4v) is 7.00. The number of aromatic carboxylic acids is 1. The summed E-state index contributed by atoms with van der Waals surface area (Å²) in [5.41, 5.74) is 1.85. The van der Waals surface area contributed by atoms with Gasteiger partial charge in [0.15, 0.2) is 5.69 Å². The summed E-state index contributed by atoms with van der Waals surface area (Å²) < 4.78 is 7.88. The largest absolute Gasteiger partial charge is 0.476 e. The number of carbonyl (C=O) groups is 3. The summed E-state index contributed by atoms with van der Waals surface area (Å²) in [4.78, 5) is 47.9. The molecule has 2 heterocycles. The predicted molar refractivity (Wildman–Crippen MR) is 164 cm³/mol. The number of nitrogens with one attached hydrogen (secondary N) is 1. The molecule has 2 fully saturated rings. The number of rotatable bonds is 9. The van der Waals surface area contributed by atoms with Crippen LogP contribution in [0, 0.1) is 6.92 Å². The van der Waals surface area contributed by atoms with Crippen LogP contribution in [-0.2, 0) is 18.3 Å². The zero-order chi connectivity index (χ0) is 30.7. The van der Waals surface area contributed by atoms with E-state index in [0.717, 1.165) is 74.3 Å². The van der Waals surface area contributed by atoms with Crippen LogP contribution in [0.25, 0.3) is 10.9 Å². The number of hydrogen-bond acceptors (Lipinski definition) is 5. The van der Waals surface area contributed by atoms with E-state index < -0.39 is 18.1 Å². The average Bonchev–Trinajstić information content (AvgIpc) is 3.56. The van der Waals surface area contributed by atoms with Gasteiger partial charge in [0.2, 0.25) is 11.8 Å². The van der Waals surface area contributed by atoms with Crippen molar-refractivity contribution in [3.63, 3.8) is 0 Å². The Hall–Kier alpha value is -3.82. The molecule has 0 bridgehead atoms. The van der Waals surface area contributed by atoms with E-state index in [1.165, 1.54) is 6.42 Å². The summed E-state index contributed by atoms with van der Waals surface area (Å²) in [5.74, 6) is -1.18. The molecule has 0 radical (unpaired) electrons. The maximum atomic E-state index is 14.1. The number of para-hydroxylation sites is 1. The van der Waals surface area contributed by atoms with Gasteiger partial charge in [0, 0.05) is 49.7 Å². The standard InChI is InChI=1S/C33H45N5O5/c1-21(38(25-15-9-6-10-16-25)33(42)37(4)24-13-7-5-8-14-24)30(39)34-27(31-35-29(32(40)41)22(2)43-31)19-23-20-36(3)28-18-12-11-17-26(23)28/h11-12,17-18,20-21,24-25,27H,5-10,13-16,19H2,1-4H3,(H,34,39)(H,40,41)/t21-,27+/m0/s1. The third-order valence-corrected chi connectivity index (χ3v) is 9.44. The topological polar surface area (TPSA) is 121 Å². The summed E-state index contributed by atoms with van der Waals surface area (Å²) >= 11 is 0. The number of urea groups is 1. The lowest BCUT2D eigenvalue weighted by atomic mass is 9.92. The van der Waals surface area contributed by atoms with Gasteiger partial charge in [-0.2, -0.15) is 0 Å². The van der Waals surface area contributed by atoms with E-state index >= 15 is 0 Å². The van der Waals surface area contributed by atoms with Crippen LogP contribution in [0.5, 0.6) is 0 Å². The Kier molecular flexibility index (Phi) is 9.42. The molecule has 2 aliphatic carbocycles. The Morgan fingerprint density at radius 3 is 2.30 bits per heavy atom. The third-order valence-electron chi connectivity index (χ3n) is 9.44. The lowest BCUT2D eigenvalue weighted by molar-refractivity contribution is -0.127. The molecule has 1 aromatic carbocycles. The van der Waals surface area contributed by atoms with E-state index in [9.17, 15) is 19.5 Å². The fourth-order valence-electron chi connectivity index (χ4n) is 7.00. The van der Waals surface area contributed by atoms with E-state index in [2.05, 4.69) is 10.3 Å². The van der Waals surface area contributed by atoms with Gasteiger partial charge in [-0.3, -0.25) is 4.79 Å². The first-order chi connectivity index (χ1) is 20.7. The van der Waals surface area contributed by atoms with E-state index in [4.69, 9.17) is 4.42 Å². The first-order valence-electron chi connectivity index (χ1n) is 15.7. The molecular formula is C33H45N5O5. The number of aromatic nitrogens is 2. The number of aryl methyl sites for hydroxylation is 2. The van der Waals surface area contributed by atoms with Gasteiger partial charge < -0.3 is 29.2 Å². The van der Waals surface area contributed by atoms with Crippen molar-refractivity contribution in [1.82, 2.24) is 24.7 Å². The second kappa shape index (κ2) is 13.2. The highest BCUT2D eigenvalue weighted by molar-refractivity contribution is 5.88. The monoisotopic (exact) mass is 591 g/mol.